The smallest absolute Gasteiger partial charge is 0.350 e. The van der Waals surface area contributed by atoms with Crippen molar-refractivity contribution in [3.63, 3.8) is 0 Å². The van der Waals surface area contributed by atoms with Crippen molar-refractivity contribution >= 4 is 16.8 Å². The van der Waals surface area contributed by atoms with Crippen LogP contribution in [0.15, 0.2) is 59.4 Å². The number of carbonyl (C=O) groups excluding carboxylic acids is 1. The first-order valence-electron chi connectivity index (χ1n) is 12.9. The maximum atomic E-state index is 13.7. The number of benzene rings is 2. The number of carbonyl (C=O) groups is 1. The van der Waals surface area contributed by atoms with Crippen molar-refractivity contribution in [1.29, 1.82) is 0 Å². The van der Waals surface area contributed by atoms with E-state index in [1.165, 1.54) is 10.6 Å². The molecule has 1 unspecified atom stereocenters. The highest BCUT2D eigenvalue weighted by molar-refractivity contribution is 6.07. The highest BCUT2D eigenvalue weighted by atomic mass is 19.4. The zero-order valence-corrected chi connectivity index (χ0v) is 22.1. The maximum absolute atomic E-state index is 13.7. The van der Waals surface area contributed by atoms with Crippen molar-refractivity contribution in [2.24, 2.45) is 5.92 Å². The van der Waals surface area contributed by atoms with Crippen LogP contribution in [-0.2, 0) is 25.3 Å². The zero-order valence-electron chi connectivity index (χ0n) is 22.1. The van der Waals surface area contributed by atoms with Crippen molar-refractivity contribution in [1.82, 2.24) is 14.9 Å². The lowest BCUT2D eigenvalue weighted by molar-refractivity contribution is -0.143. The Morgan fingerprint density at radius 1 is 0.927 bits per heavy atom. The van der Waals surface area contributed by atoms with Crippen LogP contribution in [0.2, 0.25) is 0 Å². The first-order chi connectivity index (χ1) is 19.2. The molecule has 5 nitrogen and oxygen atoms in total. The van der Waals surface area contributed by atoms with Gasteiger partial charge in [-0.15, -0.1) is 0 Å². The molecule has 0 aliphatic carbocycles. The fraction of sp³-hybridized carbons (Fsp3) is 0.300. The number of aromatic nitrogens is 2. The number of hydrogen-bond acceptors (Lipinski definition) is 3. The van der Waals surface area contributed by atoms with Gasteiger partial charge in [0, 0.05) is 36.2 Å². The second-order valence-electron chi connectivity index (χ2n) is 10.4. The van der Waals surface area contributed by atoms with Crippen LogP contribution >= 0.6 is 0 Å². The molecule has 1 aliphatic rings. The van der Waals surface area contributed by atoms with E-state index in [1.807, 2.05) is 38.1 Å². The van der Waals surface area contributed by atoms with Gasteiger partial charge < -0.3 is 9.88 Å². The lowest BCUT2D eigenvalue weighted by atomic mass is 9.95. The predicted molar refractivity (Wildman–Crippen MR) is 142 cm³/mol. The fourth-order valence-corrected chi connectivity index (χ4v) is 5.05. The van der Waals surface area contributed by atoms with Gasteiger partial charge in [-0.25, -0.2) is 4.98 Å². The van der Waals surface area contributed by atoms with E-state index in [-0.39, 0.29) is 47.4 Å². The first kappa shape index (κ1) is 28.4. The SMILES string of the molecule is Cc1ccc(-c2c3n(c(=O)c4nc(Cc5cc(C(F)(F)F)cc(C(F)(F)F)c5)ccc24)CCC(C)CNC3=O)cc1. The lowest BCUT2D eigenvalue weighted by Crippen LogP contribution is -2.38. The summed E-state index contributed by atoms with van der Waals surface area (Å²) in [6.07, 6.45) is -9.75. The molecule has 1 N–H and O–H groups in total. The number of nitrogens with one attached hydrogen (secondary N) is 1. The minimum Gasteiger partial charge on any atom is -0.350 e. The van der Waals surface area contributed by atoms with Gasteiger partial charge in [0.2, 0.25) is 0 Å². The number of fused-ring (bicyclic) bond motifs is 2. The topological polar surface area (TPSA) is 64.0 Å². The fourth-order valence-electron chi connectivity index (χ4n) is 5.05. The molecule has 214 valence electrons. The molecule has 1 aliphatic heterocycles. The van der Waals surface area contributed by atoms with Gasteiger partial charge in [-0.1, -0.05) is 42.8 Å². The van der Waals surface area contributed by atoms with Gasteiger partial charge in [0.1, 0.15) is 11.2 Å². The largest absolute Gasteiger partial charge is 0.416 e. The van der Waals surface area contributed by atoms with E-state index in [0.717, 1.165) is 5.56 Å². The van der Waals surface area contributed by atoms with Crippen LogP contribution in [0, 0.1) is 12.8 Å². The molecular formula is C30H25F6N3O2. The molecule has 11 heteroatoms. The van der Waals surface area contributed by atoms with Crippen LogP contribution in [0.5, 0.6) is 0 Å². The van der Waals surface area contributed by atoms with E-state index < -0.39 is 34.9 Å². The molecule has 0 saturated carbocycles. The number of alkyl halides is 6. The zero-order chi connectivity index (χ0) is 29.7. The Morgan fingerprint density at radius 3 is 2.17 bits per heavy atom. The third-order valence-corrected chi connectivity index (χ3v) is 7.22. The minimum atomic E-state index is -4.98. The van der Waals surface area contributed by atoms with Crippen molar-refractivity contribution < 1.29 is 31.1 Å². The number of rotatable bonds is 3. The molecule has 41 heavy (non-hydrogen) atoms. The highest BCUT2D eigenvalue weighted by Gasteiger charge is 2.37. The Labute approximate surface area is 230 Å². The Kier molecular flexibility index (Phi) is 7.17. The molecule has 0 radical (unpaired) electrons. The highest BCUT2D eigenvalue weighted by Crippen LogP contribution is 2.37. The summed E-state index contributed by atoms with van der Waals surface area (Å²) in [5.74, 6) is -0.320. The molecule has 0 saturated heterocycles. The molecule has 0 spiro atoms. The molecule has 5 rings (SSSR count). The van der Waals surface area contributed by atoms with Crippen LogP contribution in [0.3, 0.4) is 0 Å². The molecule has 0 bridgehead atoms. The Bertz CT molecular complexity index is 1670. The lowest BCUT2D eigenvalue weighted by Gasteiger charge is -2.24. The summed E-state index contributed by atoms with van der Waals surface area (Å²) < 4.78 is 81.7. The maximum Gasteiger partial charge on any atom is 0.416 e. The summed E-state index contributed by atoms with van der Waals surface area (Å²) in [6, 6.07) is 11.7. The Morgan fingerprint density at radius 2 is 1.56 bits per heavy atom. The Hall–Kier alpha value is -4.15. The molecule has 1 atom stereocenters. The summed E-state index contributed by atoms with van der Waals surface area (Å²) in [6.45, 7) is 4.53. The van der Waals surface area contributed by atoms with Crippen LogP contribution in [-0.4, -0.2) is 22.0 Å². The van der Waals surface area contributed by atoms with E-state index in [9.17, 15) is 35.9 Å². The van der Waals surface area contributed by atoms with Gasteiger partial charge in [0.05, 0.1) is 11.1 Å². The molecule has 4 aromatic rings. The molecule has 1 amide bonds. The van der Waals surface area contributed by atoms with Crippen LogP contribution in [0.1, 0.15) is 51.8 Å². The number of hydrogen-bond donors (Lipinski definition) is 1. The number of pyridine rings is 2. The van der Waals surface area contributed by atoms with E-state index >= 15 is 0 Å². The number of nitrogens with zero attached hydrogens (tertiary/aromatic N) is 2. The third-order valence-electron chi connectivity index (χ3n) is 7.22. The average Bonchev–Trinajstić information content (AvgIpc) is 2.90. The van der Waals surface area contributed by atoms with Crippen molar-refractivity contribution in [2.75, 3.05) is 6.54 Å². The number of amides is 1. The van der Waals surface area contributed by atoms with Crippen LogP contribution in [0.4, 0.5) is 26.3 Å². The number of halogens is 6. The van der Waals surface area contributed by atoms with Crippen LogP contribution < -0.4 is 10.9 Å². The first-order valence-corrected chi connectivity index (χ1v) is 12.9. The summed E-state index contributed by atoms with van der Waals surface area (Å²) in [7, 11) is 0. The summed E-state index contributed by atoms with van der Waals surface area (Å²) in [5, 5.41) is 3.24. The Balaban J connectivity index is 1.71. The molecule has 2 aromatic carbocycles. The normalized spacial score (nSPS) is 16.2. The van der Waals surface area contributed by atoms with Crippen LogP contribution in [0.25, 0.3) is 22.0 Å². The monoisotopic (exact) mass is 573 g/mol. The quantitative estimate of drug-likeness (QED) is 0.275. The minimum absolute atomic E-state index is 0.0223. The van der Waals surface area contributed by atoms with Gasteiger partial charge >= 0.3 is 12.4 Å². The van der Waals surface area contributed by atoms with Crippen molar-refractivity contribution in [3.05, 3.63) is 98.6 Å². The van der Waals surface area contributed by atoms with E-state index in [4.69, 9.17) is 0 Å². The summed E-state index contributed by atoms with van der Waals surface area (Å²) >= 11 is 0. The third kappa shape index (κ3) is 5.71. The second-order valence-corrected chi connectivity index (χ2v) is 10.4. The van der Waals surface area contributed by atoms with E-state index in [1.54, 1.807) is 6.07 Å². The predicted octanol–water partition coefficient (Wildman–Crippen LogP) is 6.77. The summed E-state index contributed by atoms with van der Waals surface area (Å²) in [4.78, 5) is 31.5. The van der Waals surface area contributed by atoms with Gasteiger partial charge in [0.25, 0.3) is 11.5 Å². The molecule has 3 heterocycles. The molecular weight excluding hydrogens is 548 g/mol. The van der Waals surface area contributed by atoms with Crippen molar-refractivity contribution in [2.45, 2.75) is 45.6 Å². The average molecular weight is 574 g/mol. The second kappa shape index (κ2) is 10.4. The standard InChI is InChI=1S/C30H25F6N3O2/c1-16-3-5-19(6-4-16)24-23-8-7-22(13-18-11-20(29(31,32)33)14-21(12-18)30(34,35)36)38-25(23)28(41)39-10-9-17(2)15-37-27(40)26(24)39/h3-8,11-12,14,17H,9-10,13,15H2,1-2H3,(H,37,40). The molecule has 0 fully saturated rings. The number of aryl methyl sites for hydroxylation is 1. The van der Waals surface area contributed by atoms with E-state index in [2.05, 4.69) is 10.3 Å². The summed E-state index contributed by atoms with van der Waals surface area (Å²) in [5.41, 5.74) is -1.27. The van der Waals surface area contributed by atoms with Crippen molar-refractivity contribution in [3.8, 4) is 11.1 Å². The van der Waals surface area contributed by atoms with Gasteiger partial charge in [-0.3, -0.25) is 9.59 Å². The van der Waals surface area contributed by atoms with Gasteiger partial charge in [-0.2, -0.15) is 26.3 Å². The van der Waals surface area contributed by atoms with Gasteiger partial charge in [0.15, 0.2) is 0 Å². The van der Waals surface area contributed by atoms with E-state index in [0.29, 0.717) is 41.6 Å². The van der Waals surface area contributed by atoms with Gasteiger partial charge in [-0.05, 0) is 54.7 Å². The molecule has 2 aromatic heterocycles.